The number of thiocarbonyl (C=S) groups is 1. The first-order valence-electron chi connectivity index (χ1n) is 5.84. The van der Waals surface area contributed by atoms with E-state index in [2.05, 4.69) is 6.58 Å². The molecule has 0 bridgehead atoms. The third-order valence-corrected chi connectivity index (χ3v) is 4.18. The van der Waals surface area contributed by atoms with Crippen molar-refractivity contribution < 1.29 is 9.59 Å². The summed E-state index contributed by atoms with van der Waals surface area (Å²) in [7, 11) is 0. The standard InChI is InChI=1S/C7H11NO.C5H7NOS2/c1-6-4-3-5-8(6)7(2)9;1-4(7)6-2-3-9-5(6)8/h1,3-5H2,2H3;2-3H2,1H3. The molecule has 6 heteroatoms. The van der Waals surface area contributed by atoms with Crippen LogP contribution >= 0.6 is 24.0 Å². The average Bonchev–Trinajstić information content (AvgIpc) is 2.87. The number of amides is 2. The topological polar surface area (TPSA) is 40.6 Å². The average molecular weight is 286 g/mol. The monoisotopic (exact) mass is 286 g/mol. The fraction of sp³-hybridized carbons (Fsp3) is 0.583. The van der Waals surface area contributed by atoms with Gasteiger partial charge in [-0.25, -0.2) is 0 Å². The van der Waals surface area contributed by atoms with Crippen LogP contribution < -0.4 is 0 Å². The summed E-state index contributed by atoms with van der Waals surface area (Å²) in [5.41, 5.74) is 0.975. The molecule has 2 saturated heterocycles. The fourth-order valence-electron chi connectivity index (χ4n) is 1.79. The van der Waals surface area contributed by atoms with Crippen molar-refractivity contribution in [3.05, 3.63) is 12.3 Å². The van der Waals surface area contributed by atoms with E-state index in [9.17, 15) is 9.59 Å². The van der Waals surface area contributed by atoms with Gasteiger partial charge in [-0.3, -0.25) is 14.5 Å². The highest BCUT2D eigenvalue weighted by Gasteiger charge is 2.20. The highest BCUT2D eigenvalue weighted by atomic mass is 32.2. The molecular formula is C12H18N2O2S2. The summed E-state index contributed by atoms with van der Waals surface area (Å²) in [6.07, 6.45) is 2.07. The van der Waals surface area contributed by atoms with Crippen LogP contribution in [-0.2, 0) is 9.59 Å². The fourth-order valence-corrected chi connectivity index (χ4v) is 3.09. The number of carbonyl (C=O) groups is 2. The van der Waals surface area contributed by atoms with E-state index in [1.807, 2.05) is 0 Å². The number of thioether (sulfide) groups is 1. The van der Waals surface area contributed by atoms with Crippen molar-refractivity contribution in [1.82, 2.24) is 9.80 Å². The van der Waals surface area contributed by atoms with Crippen LogP contribution in [0.2, 0.25) is 0 Å². The summed E-state index contributed by atoms with van der Waals surface area (Å²) < 4.78 is 0.725. The molecule has 0 spiro atoms. The summed E-state index contributed by atoms with van der Waals surface area (Å²) in [5.74, 6) is 1.14. The van der Waals surface area contributed by atoms with Crippen molar-refractivity contribution in [2.45, 2.75) is 26.7 Å². The minimum atomic E-state index is 0.0602. The predicted octanol–water partition coefficient (Wildman–Crippen LogP) is 2.01. The van der Waals surface area contributed by atoms with Gasteiger partial charge in [0.2, 0.25) is 11.8 Å². The first kappa shape index (κ1) is 15.2. The Kier molecular flexibility index (Phi) is 5.81. The summed E-state index contributed by atoms with van der Waals surface area (Å²) in [4.78, 5) is 24.8. The maximum Gasteiger partial charge on any atom is 0.224 e. The first-order chi connectivity index (χ1) is 8.43. The van der Waals surface area contributed by atoms with Crippen LogP contribution in [0.15, 0.2) is 12.3 Å². The van der Waals surface area contributed by atoms with Crippen LogP contribution in [0.5, 0.6) is 0 Å². The molecule has 0 N–H and O–H groups in total. The molecule has 0 atom stereocenters. The highest BCUT2D eigenvalue weighted by molar-refractivity contribution is 8.23. The van der Waals surface area contributed by atoms with Crippen molar-refractivity contribution in [3.63, 3.8) is 0 Å². The largest absolute Gasteiger partial charge is 0.317 e. The molecule has 100 valence electrons. The van der Waals surface area contributed by atoms with Crippen LogP contribution in [0.1, 0.15) is 26.7 Å². The van der Waals surface area contributed by atoms with Gasteiger partial charge in [0.05, 0.1) is 0 Å². The maximum absolute atomic E-state index is 10.7. The van der Waals surface area contributed by atoms with E-state index in [1.54, 1.807) is 28.5 Å². The van der Waals surface area contributed by atoms with Gasteiger partial charge in [0.25, 0.3) is 0 Å². The van der Waals surface area contributed by atoms with Gasteiger partial charge in [-0.2, -0.15) is 0 Å². The first-order valence-corrected chi connectivity index (χ1v) is 7.23. The van der Waals surface area contributed by atoms with E-state index >= 15 is 0 Å². The summed E-state index contributed by atoms with van der Waals surface area (Å²) >= 11 is 6.45. The zero-order valence-electron chi connectivity index (χ0n) is 10.8. The smallest absolute Gasteiger partial charge is 0.224 e. The van der Waals surface area contributed by atoms with Crippen LogP contribution in [-0.4, -0.2) is 44.8 Å². The number of likely N-dealkylation sites (tertiary alicyclic amines) is 1. The van der Waals surface area contributed by atoms with Gasteiger partial charge in [-0.15, -0.1) is 0 Å². The molecule has 2 rings (SSSR count). The van der Waals surface area contributed by atoms with Crippen molar-refractivity contribution >= 4 is 40.1 Å². The lowest BCUT2D eigenvalue weighted by molar-refractivity contribution is -0.126. The lowest BCUT2D eigenvalue weighted by Gasteiger charge is -2.12. The van der Waals surface area contributed by atoms with Crippen LogP contribution in [0.4, 0.5) is 0 Å². The Morgan fingerprint density at radius 3 is 2.06 bits per heavy atom. The molecule has 2 aliphatic heterocycles. The number of nitrogens with zero attached hydrogens (tertiary/aromatic N) is 2. The molecule has 0 aromatic rings. The van der Waals surface area contributed by atoms with Crippen molar-refractivity contribution in [2.75, 3.05) is 18.8 Å². The Hall–Kier alpha value is -0.880. The minimum absolute atomic E-state index is 0.0602. The van der Waals surface area contributed by atoms with Gasteiger partial charge in [0.1, 0.15) is 4.32 Å². The number of carbonyl (C=O) groups excluding carboxylic acids is 2. The zero-order valence-corrected chi connectivity index (χ0v) is 12.4. The Labute approximate surface area is 117 Å². The molecule has 2 amide bonds. The second-order valence-electron chi connectivity index (χ2n) is 4.13. The molecular weight excluding hydrogens is 268 g/mol. The molecule has 0 aromatic carbocycles. The second kappa shape index (κ2) is 6.89. The SMILES string of the molecule is C=C1CCCN1C(C)=O.CC(=O)N1CCSC1=S. The van der Waals surface area contributed by atoms with Crippen LogP contribution in [0.25, 0.3) is 0 Å². The molecule has 0 aliphatic carbocycles. The molecule has 2 heterocycles. The van der Waals surface area contributed by atoms with Gasteiger partial charge < -0.3 is 4.90 Å². The lowest BCUT2D eigenvalue weighted by Crippen LogP contribution is -2.27. The normalized spacial score (nSPS) is 18.8. The Morgan fingerprint density at radius 1 is 1.22 bits per heavy atom. The quantitative estimate of drug-likeness (QED) is 0.639. The number of allylic oxidation sites excluding steroid dienone is 1. The van der Waals surface area contributed by atoms with Gasteiger partial charge in [0, 0.05) is 38.4 Å². The Balaban J connectivity index is 0.000000180. The molecule has 0 unspecified atom stereocenters. The van der Waals surface area contributed by atoms with Crippen LogP contribution in [0, 0.1) is 0 Å². The van der Waals surface area contributed by atoms with E-state index in [0.717, 1.165) is 41.7 Å². The molecule has 0 aromatic heterocycles. The molecule has 4 nitrogen and oxygen atoms in total. The lowest BCUT2D eigenvalue weighted by atomic mass is 10.3. The molecule has 18 heavy (non-hydrogen) atoms. The third kappa shape index (κ3) is 4.10. The molecule has 0 saturated carbocycles. The van der Waals surface area contributed by atoms with Gasteiger partial charge in [-0.1, -0.05) is 30.6 Å². The highest BCUT2D eigenvalue weighted by Crippen LogP contribution is 2.18. The minimum Gasteiger partial charge on any atom is -0.317 e. The van der Waals surface area contributed by atoms with E-state index in [4.69, 9.17) is 12.2 Å². The van der Waals surface area contributed by atoms with Crippen molar-refractivity contribution in [2.24, 2.45) is 0 Å². The van der Waals surface area contributed by atoms with E-state index in [-0.39, 0.29) is 11.8 Å². The second-order valence-corrected chi connectivity index (χ2v) is 5.85. The summed E-state index contributed by atoms with van der Waals surface area (Å²) in [6, 6.07) is 0. The maximum atomic E-state index is 10.7. The third-order valence-electron chi connectivity index (χ3n) is 2.75. The predicted molar refractivity (Wildman–Crippen MR) is 78.2 cm³/mol. The number of hydrogen-bond donors (Lipinski definition) is 0. The molecule has 2 aliphatic rings. The molecule has 0 radical (unpaired) electrons. The van der Waals surface area contributed by atoms with Gasteiger partial charge in [0.15, 0.2) is 0 Å². The zero-order chi connectivity index (χ0) is 13.7. The van der Waals surface area contributed by atoms with Gasteiger partial charge >= 0.3 is 0 Å². The summed E-state index contributed by atoms with van der Waals surface area (Å²) in [6.45, 7) is 8.54. The van der Waals surface area contributed by atoms with E-state index in [0.29, 0.717) is 0 Å². The number of rotatable bonds is 0. The molecule has 2 fully saturated rings. The van der Waals surface area contributed by atoms with E-state index in [1.165, 1.54) is 6.92 Å². The van der Waals surface area contributed by atoms with Crippen molar-refractivity contribution in [1.29, 1.82) is 0 Å². The number of hydrogen-bond acceptors (Lipinski definition) is 4. The van der Waals surface area contributed by atoms with E-state index < -0.39 is 0 Å². The Morgan fingerprint density at radius 2 is 1.83 bits per heavy atom. The summed E-state index contributed by atoms with van der Waals surface area (Å²) in [5, 5.41) is 0. The van der Waals surface area contributed by atoms with Gasteiger partial charge in [-0.05, 0) is 12.8 Å². The van der Waals surface area contributed by atoms with Crippen LogP contribution in [0.3, 0.4) is 0 Å². The Bertz CT molecular complexity index is 346. The van der Waals surface area contributed by atoms with Crippen molar-refractivity contribution in [3.8, 4) is 0 Å².